The molecule has 0 unspecified atom stereocenters. The normalized spacial score (nSPS) is 11.4. The van der Waals surface area contributed by atoms with E-state index in [1.807, 2.05) is 0 Å². The Balaban J connectivity index is 2.58. The lowest BCUT2D eigenvalue weighted by molar-refractivity contribution is 0.0939. The zero-order valence-corrected chi connectivity index (χ0v) is 14.8. The second kappa shape index (κ2) is 9.64. The second-order valence-electron chi connectivity index (χ2n) is 5.26. The van der Waals surface area contributed by atoms with Crippen LogP contribution >= 0.6 is 0 Å². The molecule has 0 spiro atoms. The summed E-state index contributed by atoms with van der Waals surface area (Å²) in [5.41, 5.74) is 1.10. The fraction of sp³-hybridized carbons (Fsp3) is 0.562. The number of carbonyl (C=O) groups is 1. The molecule has 0 bridgehead atoms. The Labute approximate surface area is 138 Å². The van der Waals surface area contributed by atoms with Crippen molar-refractivity contribution >= 4 is 15.9 Å². The zero-order chi connectivity index (χ0) is 17.3. The highest BCUT2D eigenvalue weighted by atomic mass is 32.2. The minimum absolute atomic E-state index is 0.0821. The summed E-state index contributed by atoms with van der Waals surface area (Å²) >= 11 is 0. The van der Waals surface area contributed by atoms with E-state index < -0.39 is 10.0 Å². The van der Waals surface area contributed by atoms with Crippen molar-refractivity contribution < 1.29 is 17.9 Å². The Bertz CT molecular complexity index is 615. The van der Waals surface area contributed by atoms with Crippen LogP contribution in [0.3, 0.4) is 0 Å². The standard InChI is InChI=1S/C16H26N2O4S/c1-4-5-10-22-11-6-9-18-16(19)15-12-14(8-7-13(15)2)23(20,21)17-3/h7-8,12,17H,4-6,9-11H2,1-3H3,(H,18,19). The van der Waals surface area contributed by atoms with Crippen LogP contribution in [0, 0.1) is 6.92 Å². The molecule has 0 aliphatic carbocycles. The van der Waals surface area contributed by atoms with Gasteiger partial charge in [-0.15, -0.1) is 0 Å². The molecule has 1 rings (SSSR count). The van der Waals surface area contributed by atoms with Crippen molar-refractivity contribution in [2.24, 2.45) is 0 Å². The molecule has 6 nitrogen and oxygen atoms in total. The summed E-state index contributed by atoms with van der Waals surface area (Å²) in [6, 6.07) is 4.51. The van der Waals surface area contributed by atoms with E-state index in [4.69, 9.17) is 4.74 Å². The number of ether oxygens (including phenoxy) is 1. The smallest absolute Gasteiger partial charge is 0.251 e. The van der Waals surface area contributed by atoms with Gasteiger partial charge in [0.25, 0.3) is 5.91 Å². The monoisotopic (exact) mass is 342 g/mol. The van der Waals surface area contributed by atoms with Crippen molar-refractivity contribution in [3.8, 4) is 0 Å². The van der Waals surface area contributed by atoms with Gasteiger partial charge in [0.05, 0.1) is 4.90 Å². The van der Waals surface area contributed by atoms with Gasteiger partial charge in [-0.25, -0.2) is 13.1 Å². The maximum Gasteiger partial charge on any atom is 0.251 e. The zero-order valence-electron chi connectivity index (χ0n) is 14.0. The van der Waals surface area contributed by atoms with E-state index in [0.717, 1.165) is 31.4 Å². The van der Waals surface area contributed by atoms with E-state index in [-0.39, 0.29) is 10.8 Å². The molecule has 130 valence electrons. The van der Waals surface area contributed by atoms with Crippen molar-refractivity contribution in [2.45, 2.75) is 38.0 Å². The average molecular weight is 342 g/mol. The van der Waals surface area contributed by atoms with Crippen LogP contribution in [0.1, 0.15) is 42.1 Å². The van der Waals surface area contributed by atoms with E-state index in [2.05, 4.69) is 17.0 Å². The van der Waals surface area contributed by atoms with E-state index in [0.29, 0.717) is 18.7 Å². The first-order chi connectivity index (χ1) is 10.9. The molecule has 23 heavy (non-hydrogen) atoms. The highest BCUT2D eigenvalue weighted by Gasteiger charge is 2.16. The first kappa shape index (κ1) is 19.6. The van der Waals surface area contributed by atoms with Gasteiger partial charge in [0.1, 0.15) is 0 Å². The number of hydrogen-bond acceptors (Lipinski definition) is 4. The number of rotatable bonds is 10. The van der Waals surface area contributed by atoms with Crippen LogP contribution in [0.4, 0.5) is 0 Å². The van der Waals surface area contributed by atoms with Crippen molar-refractivity contribution in [1.29, 1.82) is 0 Å². The molecule has 1 aromatic carbocycles. The van der Waals surface area contributed by atoms with E-state index in [1.54, 1.807) is 13.0 Å². The molecule has 0 aliphatic rings. The predicted octanol–water partition coefficient (Wildman–Crippen LogP) is 1.84. The summed E-state index contributed by atoms with van der Waals surface area (Å²) < 4.78 is 31.3. The first-order valence-corrected chi connectivity index (χ1v) is 9.30. The number of benzene rings is 1. The van der Waals surface area contributed by atoms with Crippen molar-refractivity contribution in [2.75, 3.05) is 26.8 Å². The van der Waals surface area contributed by atoms with Gasteiger partial charge >= 0.3 is 0 Å². The summed E-state index contributed by atoms with van der Waals surface area (Å²) in [5.74, 6) is -0.274. The van der Waals surface area contributed by atoms with E-state index >= 15 is 0 Å². The second-order valence-corrected chi connectivity index (χ2v) is 7.15. The SMILES string of the molecule is CCCCOCCCNC(=O)c1cc(S(=O)(=O)NC)ccc1C. The van der Waals surface area contributed by atoms with Gasteiger partial charge in [-0.1, -0.05) is 19.4 Å². The summed E-state index contributed by atoms with van der Waals surface area (Å²) in [4.78, 5) is 12.3. The Morgan fingerprint density at radius 3 is 2.57 bits per heavy atom. The van der Waals surface area contributed by atoms with Crippen molar-refractivity contribution in [1.82, 2.24) is 10.0 Å². The van der Waals surface area contributed by atoms with Crippen LogP contribution in [-0.2, 0) is 14.8 Å². The Hall–Kier alpha value is -1.44. The summed E-state index contributed by atoms with van der Waals surface area (Å²) in [6.07, 6.45) is 2.86. The van der Waals surface area contributed by atoms with Gasteiger partial charge in [0.15, 0.2) is 0 Å². The lowest BCUT2D eigenvalue weighted by Crippen LogP contribution is -2.27. The lowest BCUT2D eigenvalue weighted by Gasteiger charge is -2.10. The van der Waals surface area contributed by atoms with Crippen LogP contribution in [0.25, 0.3) is 0 Å². The summed E-state index contributed by atoms with van der Waals surface area (Å²) in [5, 5.41) is 2.79. The van der Waals surface area contributed by atoms with Gasteiger partial charge in [-0.05, 0) is 44.5 Å². The molecule has 1 amide bonds. The molecular formula is C16H26N2O4S. The predicted molar refractivity (Wildman–Crippen MR) is 90.1 cm³/mol. The minimum atomic E-state index is -3.56. The topological polar surface area (TPSA) is 84.5 Å². The quantitative estimate of drug-likeness (QED) is 0.636. The Morgan fingerprint density at radius 1 is 1.22 bits per heavy atom. The van der Waals surface area contributed by atoms with E-state index in [9.17, 15) is 13.2 Å². The molecule has 0 heterocycles. The van der Waals surface area contributed by atoms with E-state index in [1.165, 1.54) is 19.2 Å². The highest BCUT2D eigenvalue weighted by Crippen LogP contribution is 2.15. The number of sulfonamides is 1. The molecule has 0 saturated heterocycles. The minimum Gasteiger partial charge on any atom is -0.381 e. The van der Waals surface area contributed by atoms with Gasteiger partial charge in [-0.2, -0.15) is 0 Å². The van der Waals surface area contributed by atoms with Crippen LogP contribution in [-0.4, -0.2) is 41.1 Å². The summed E-state index contributed by atoms with van der Waals surface area (Å²) in [7, 11) is -2.22. The maximum absolute atomic E-state index is 12.2. The fourth-order valence-corrected chi connectivity index (χ4v) is 2.71. The molecule has 0 aromatic heterocycles. The van der Waals surface area contributed by atoms with Gasteiger partial charge < -0.3 is 10.1 Å². The third-order valence-electron chi connectivity index (χ3n) is 3.43. The lowest BCUT2D eigenvalue weighted by atomic mass is 10.1. The molecule has 0 aliphatic heterocycles. The number of unbranched alkanes of at least 4 members (excludes halogenated alkanes) is 1. The molecule has 0 fully saturated rings. The Kier molecular flexibility index (Phi) is 8.22. The highest BCUT2D eigenvalue weighted by molar-refractivity contribution is 7.89. The van der Waals surface area contributed by atoms with Crippen LogP contribution in [0.15, 0.2) is 23.1 Å². The Morgan fingerprint density at radius 2 is 1.91 bits per heavy atom. The third-order valence-corrected chi connectivity index (χ3v) is 4.84. The van der Waals surface area contributed by atoms with Crippen molar-refractivity contribution in [3.63, 3.8) is 0 Å². The molecule has 7 heteroatoms. The molecule has 2 N–H and O–H groups in total. The van der Waals surface area contributed by atoms with Gasteiger partial charge in [0, 0.05) is 25.3 Å². The number of hydrogen-bond donors (Lipinski definition) is 2. The number of nitrogens with one attached hydrogen (secondary N) is 2. The van der Waals surface area contributed by atoms with Crippen LogP contribution in [0.2, 0.25) is 0 Å². The first-order valence-electron chi connectivity index (χ1n) is 7.82. The number of carbonyl (C=O) groups excluding carboxylic acids is 1. The maximum atomic E-state index is 12.2. The number of amides is 1. The molecule has 1 aromatic rings. The van der Waals surface area contributed by atoms with Gasteiger partial charge in [0.2, 0.25) is 10.0 Å². The average Bonchev–Trinajstić information content (AvgIpc) is 2.54. The fourth-order valence-electron chi connectivity index (χ4n) is 1.95. The third kappa shape index (κ3) is 6.29. The molecule has 0 atom stereocenters. The van der Waals surface area contributed by atoms with Gasteiger partial charge in [-0.3, -0.25) is 4.79 Å². The molecular weight excluding hydrogens is 316 g/mol. The number of aryl methyl sites for hydroxylation is 1. The largest absolute Gasteiger partial charge is 0.381 e. The summed E-state index contributed by atoms with van der Waals surface area (Å²) in [6.45, 7) is 5.72. The van der Waals surface area contributed by atoms with Crippen LogP contribution < -0.4 is 10.0 Å². The van der Waals surface area contributed by atoms with Crippen LogP contribution in [0.5, 0.6) is 0 Å². The molecule has 0 radical (unpaired) electrons. The molecule has 0 saturated carbocycles. The van der Waals surface area contributed by atoms with Crippen molar-refractivity contribution in [3.05, 3.63) is 29.3 Å².